The zero-order valence-corrected chi connectivity index (χ0v) is 11.0. The van der Waals surface area contributed by atoms with Crippen molar-refractivity contribution in [2.24, 2.45) is 0 Å². The van der Waals surface area contributed by atoms with Gasteiger partial charge in [-0.3, -0.25) is 0 Å². The molecule has 3 nitrogen and oxygen atoms in total. The van der Waals surface area contributed by atoms with E-state index in [0.29, 0.717) is 0 Å². The molecule has 0 aliphatic carbocycles. The van der Waals surface area contributed by atoms with Crippen molar-refractivity contribution in [1.82, 2.24) is 5.32 Å². The Bertz CT molecular complexity index is 382. The van der Waals surface area contributed by atoms with E-state index in [0.717, 1.165) is 24.6 Å². The molecule has 0 aliphatic heterocycles. The molecule has 1 rings (SSSR count). The van der Waals surface area contributed by atoms with Crippen molar-refractivity contribution >= 4 is 0 Å². The van der Waals surface area contributed by atoms with Crippen LogP contribution in [0.3, 0.4) is 0 Å². The van der Waals surface area contributed by atoms with E-state index >= 15 is 0 Å². The molecule has 1 N–H and O–H groups in total. The van der Waals surface area contributed by atoms with Gasteiger partial charge in [-0.2, -0.15) is 0 Å². The maximum Gasteiger partial charge on any atom is 0.161 e. The van der Waals surface area contributed by atoms with Gasteiger partial charge in [0, 0.05) is 13.1 Å². The highest BCUT2D eigenvalue weighted by Crippen LogP contribution is 2.27. The van der Waals surface area contributed by atoms with Gasteiger partial charge in [-0.15, -0.1) is 0 Å². The van der Waals surface area contributed by atoms with E-state index in [-0.39, 0.29) is 0 Å². The van der Waals surface area contributed by atoms with Crippen LogP contribution in [0.4, 0.5) is 0 Å². The van der Waals surface area contributed by atoms with Crippen molar-refractivity contribution in [3.05, 3.63) is 35.4 Å². The van der Waals surface area contributed by atoms with E-state index in [2.05, 4.69) is 25.2 Å². The minimum Gasteiger partial charge on any atom is -0.493 e. The van der Waals surface area contributed by atoms with Gasteiger partial charge in [0.2, 0.25) is 0 Å². The number of hydrogen-bond acceptors (Lipinski definition) is 3. The zero-order valence-electron chi connectivity index (χ0n) is 11.0. The van der Waals surface area contributed by atoms with Crippen LogP contribution >= 0.6 is 0 Å². The fourth-order valence-electron chi connectivity index (χ4n) is 1.48. The SMILES string of the molecule is COc1ccc(CNCC=C(C)C)cc1OC. The van der Waals surface area contributed by atoms with Crippen LogP contribution in [0.2, 0.25) is 0 Å². The number of rotatable bonds is 6. The molecule has 0 atom stereocenters. The Balaban J connectivity index is 2.57. The zero-order chi connectivity index (χ0) is 12.7. The minimum absolute atomic E-state index is 0.764. The summed E-state index contributed by atoms with van der Waals surface area (Å²) >= 11 is 0. The molecule has 0 unspecified atom stereocenters. The number of ether oxygens (including phenoxy) is 2. The maximum atomic E-state index is 5.26. The van der Waals surface area contributed by atoms with Crippen molar-refractivity contribution in [3.63, 3.8) is 0 Å². The van der Waals surface area contributed by atoms with Gasteiger partial charge < -0.3 is 14.8 Å². The minimum atomic E-state index is 0.764. The molecule has 94 valence electrons. The lowest BCUT2D eigenvalue weighted by atomic mass is 10.2. The first-order valence-corrected chi connectivity index (χ1v) is 5.72. The van der Waals surface area contributed by atoms with E-state index in [1.54, 1.807) is 14.2 Å². The van der Waals surface area contributed by atoms with Crippen molar-refractivity contribution in [1.29, 1.82) is 0 Å². The quantitative estimate of drug-likeness (QED) is 0.607. The second-order valence-corrected chi connectivity index (χ2v) is 4.10. The predicted octanol–water partition coefficient (Wildman–Crippen LogP) is 2.76. The van der Waals surface area contributed by atoms with E-state index in [1.165, 1.54) is 11.1 Å². The van der Waals surface area contributed by atoms with Gasteiger partial charge in [0.15, 0.2) is 11.5 Å². The van der Waals surface area contributed by atoms with Crippen LogP contribution < -0.4 is 14.8 Å². The molecule has 0 fully saturated rings. The lowest BCUT2D eigenvalue weighted by Gasteiger charge is -2.09. The number of benzene rings is 1. The molecule has 3 heteroatoms. The summed E-state index contributed by atoms with van der Waals surface area (Å²) in [6, 6.07) is 5.96. The first kappa shape index (κ1) is 13.6. The molecule has 0 amide bonds. The summed E-state index contributed by atoms with van der Waals surface area (Å²) < 4.78 is 10.5. The lowest BCUT2D eigenvalue weighted by molar-refractivity contribution is 0.354. The molecule has 0 radical (unpaired) electrons. The summed E-state index contributed by atoms with van der Waals surface area (Å²) in [4.78, 5) is 0. The molecule has 0 aliphatic rings. The molecule has 0 saturated carbocycles. The smallest absolute Gasteiger partial charge is 0.161 e. The largest absolute Gasteiger partial charge is 0.493 e. The molecular formula is C14H21NO2. The summed E-state index contributed by atoms with van der Waals surface area (Å²) in [5.74, 6) is 1.54. The highest BCUT2D eigenvalue weighted by molar-refractivity contribution is 5.42. The van der Waals surface area contributed by atoms with Crippen LogP contribution in [0.25, 0.3) is 0 Å². The van der Waals surface area contributed by atoms with Crippen molar-refractivity contribution in [2.75, 3.05) is 20.8 Å². The first-order chi connectivity index (χ1) is 8.17. The fourth-order valence-corrected chi connectivity index (χ4v) is 1.48. The Morgan fingerprint density at radius 3 is 2.47 bits per heavy atom. The third-order valence-electron chi connectivity index (χ3n) is 2.43. The normalized spacial score (nSPS) is 9.88. The van der Waals surface area contributed by atoms with E-state index in [1.807, 2.05) is 18.2 Å². The number of nitrogens with one attached hydrogen (secondary N) is 1. The Hall–Kier alpha value is -1.48. The summed E-state index contributed by atoms with van der Waals surface area (Å²) in [5.41, 5.74) is 2.51. The number of hydrogen-bond donors (Lipinski definition) is 1. The van der Waals surface area contributed by atoms with E-state index in [4.69, 9.17) is 9.47 Å². The fraction of sp³-hybridized carbons (Fsp3) is 0.429. The van der Waals surface area contributed by atoms with Crippen LogP contribution in [0.5, 0.6) is 11.5 Å². The molecule has 0 heterocycles. The molecule has 0 bridgehead atoms. The lowest BCUT2D eigenvalue weighted by Crippen LogP contribution is -2.13. The van der Waals surface area contributed by atoms with Gasteiger partial charge in [0.05, 0.1) is 14.2 Å². The van der Waals surface area contributed by atoms with E-state index in [9.17, 15) is 0 Å². The Morgan fingerprint density at radius 1 is 1.18 bits per heavy atom. The van der Waals surface area contributed by atoms with E-state index < -0.39 is 0 Å². The molecule has 0 spiro atoms. The predicted molar refractivity (Wildman–Crippen MR) is 70.7 cm³/mol. The van der Waals surface area contributed by atoms with Gasteiger partial charge in [-0.25, -0.2) is 0 Å². The van der Waals surface area contributed by atoms with Crippen LogP contribution in [0, 0.1) is 0 Å². The van der Waals surface area contributed by atoms with Crippen molar-refractivity contribution in [2.45, 2.75) is 20.4 Å². The van der Waals surface area contributed by atoms with Gasteiger partial charge >= 0.3 is 0 Å². The Kier molecular flexibility index (Phi) is 5.57. The first-order valence-electron chi connectivity index (χ1n) is 5.72. The second-order valence-electron chi connectivity index (χ2n) is 4.10. The molecule has 1 aromatic carbocycles. The van der Waals surface area contributed by atoms with Crippen LogP contribution in [-0.4, -0.2) is 20.8 Å². The second kappa shape index (κ2) is 6.97. The van der Waals surface area contributed by atoms with Crippen molar-refractivity contribution < 1.29 is 9.47 Å². The number of allylic oxidation sites excluding steroid dienone is 1. The van der Waals surface area contributed by atoms with Gasteiger partial charge in [0.25, 0.3) is 0 Å². The molecular weight excluding hydrogens is 214 g/mol. The van der Waals surface area contributed by atoms with Gasteiger partial charge in [0.1, 0.15) is 0 Å². The number of methoxy groups -OCH3 is 2. The highest BCUT2D eigenvalue weighted by atomic mass is 16.5. The third-order valence-corrected chi connectivity index (χ3v) is 2.43. The maximum absolute atomic E-state index is 5.26. The summed E-state index contributed by atoms with van der Waals surface area (Å²) in [6.07, 6.45) is 2.17. The topological polar surface area (TPSA) is 30.5 Å². The highest BCUT2D eigenvalue weighted by Gasteiger charge is 2.03. The monoisotopic (exact) mass is 235 g/mol. The van der Waals surface area contributed by atoms with Crippen molar-refractivity contribution in [3.8, 4) is 11.5 Å². The van der Waals surface area contributed by atoms with Crippen LogP contribution in [0.15, 0.2) is 29.8 Å². The Morgan fingerprint density at radius 2 is 1.88 bits per heavy atom. The van der Waals surface area contributed by atoms with Crippen LogP contribution in [0.1, 0.15) is 19.4 Å². The third kappa shape index (κ3) is 4.49. The summed E-state index contributed by atoms with van der Waals surface area (Å²) in [5, 5.41) is 3.35. The van der Waals surface area contributed by atoms with Gasteiger partial charge in [-0.1, -0.05) is 17.7 Å². The van der Waals surface area contributed by atoms with Gasteiger partial charge in [-0.05, 0) is 31.5 Å². The summed E-state index contributed by atoms with van der Waals surface area (Å²) in [6.45, 7) is 5.90. The average Bonchev–Trinajstić information content (AvgIpc) is 2.34. The average molecular weight is 235 g/mol. The Labute approximate surface area is 103 Å². The standard InChI is InChI=1S/C14H21NO2/c1-11(2)7-8-15-10-12-5-6-13(16-3)14(9-12)17-4/h5-7,9,15H,8,10H2,1-4H3. The summed E-state index contributed by atoms with van der Waals surface area (Å²) in [7, 11) is 3.29. The molecule has 0 saturated heterocycles. The molecule has 1 aromatic rings. The molecule has 17 heavy (non-hydrogen) atoms. The van der Waals surface area contributed by atoms with Crippen LogP contribution in [-0.2, 0) is 6.54 Å². The molecule has 0 aromatic heterocycles.